The van der Waals surface area contributed by atoms with Crippen LogP contribution in [0.2, 0.25) is 0 Å². The maximum atomic E-state index is 4.52. The molecule has 1 aliphatic carbocycles. The molecule has 1 heterocycles. The number of nitrogens with zero attached hydrogens (tertiary/aromatic N) is 2. The molecule has 2 heteroatoms. The Hall–Kier alpha value is -3.78. The molecule has 0 atom stereocenters. The molecular formula is C28H22N2. The van der Waals surface area contributed by atoms with Gasteiger partial charge in [0.25, 0.3) is 0 Å². The Morgan fingerprint density at radius 2 is 1.27 bits per heavy atom. The Balaban J connectivity index is 1.51. The second-order valence-electron chi connectivity index (χ2n) is 8.04. The monoisotopic (exact) mass is 386 g/mol. The van der Waals surface area contributed by atoms with Crippen molar-refractivity contribution in [2.45, 2.75) is 13.3 Å². The predicted molar refractivity (Wildman–Crippen MR) is 126 cm³/mol. The van der Waals surface area contributed by atoms with Crippen molar-refractivity contribution >= 4 is 22.7 Å². The van der Waals surface area contributed by atoms with Gasteiger partial charge >= 0.3 is 0 Å². The fourth-order valence-electron chi connectivity index (χ4n) is 4.84. The average molecular weight is 386 g/mol. The normalized spacial score (nSPS) is 14.0. The lowest BCUT2D eigenvalue weighted by Crippen LogP contribution is -2.21. The largest absolute Gasteiger partial charge is 0.294 e. The molecule has 2 aliphatic rings. The van der Waals surface area contributed by atoms with Gasteiger partial charge in [-0.05, 0) is 71.5 Å². The summed E-state index contributed by atoms with van der Waals surface area (Å²) in [6, 6.07) is 32.6. The van der Waals surface area contributed by atoms with Crippen LogP contribution in [0.3, 0.4) is 0 Å². The third-order valence-corrected chi connectivity index (χ3v) is 6.28. The molecule has 0 saturated heterocycles. The van der Waals surface area contributed by atoms with Crippen molar-refractivity contribution < 1.29 is 0 Å². The quantitative estimate of drug-likeness (QED) is 0.313. The summed E-state index contributed by atoms with van der Waals surface area (Å²) in [6.45, 7) is 6.67. The number of anilines is 4. The second kappa shape index (κ2) is 6.36. The Kier molecular flexibility index (Phi) is 3.63. The van der Waals surface area contributed by atoms with Crippen molar-refractivity contribution in [3.8, 4) is 11.1 Å². The first-order chi connectivity index (χ1) is 14.7. The maximum absolute atomic E-state index is 4.52. The van der Waals surface area contributed by atoms with E-state index in [9.17, 15) is 0 Å². The molecule has 144 valence electrons. The van der Waals surface area contributed by atoms with E-state index in [-0.39, 0.29) is 0 Å². The van der Waals surface area contributed by atoms with Crippen molar-refractivity contribution in [1.82, 2.24) is 0 Å². The van der Waals surface area contributed by atoms with E-state index >= 15 is 0 Å². The SMILES string of the molecule is C=C1N(c2ccc3c(c2)-c2ccccc2C3)c2ccccc2N1c1ccccc1C. The first-order valence-corrected chi connectivity index (χ1v) is 10.4. The molecule has 0 bridgehead atoms. The highest BCUT2D eigenvalue weighted by Gasteiger charge is 2.33. The second-order valence-corrected chi connectivity index (χ2v) is 8.04. The van der Waals surface area contributed by atoms with E-state index in [1.807, 2.05) is 0 Å². The molecule has 0 amide bonds. The van der Waals surface area contributed by atoms with E-state index in [0.29, 0.717) is 0 Å². The summed E-state index contributed by atoms with van der Waals surface area (Å²) in [5, 5.41) is 0. The minimum atomic E-state index is 0.955. The fourth-order valence-corrected chi connectivity index (χ4v) is 4.84. The van der Waals surface area contributed by atoms with Crippen LogP contribution in [-0.4, -0.2) is 0 Å². The fraction of sp³-hybridized carbons (Fsp3) is 0.0714. The molecule has 4 aromatic carbocycles. The molecule has 0 saturated carbocycles. The highest BCUT2D eigenvalue weighted by atomic mass is 15.4. The van der Waals surface area contributed by atoms with E-state index in [1.165, 1.54) is 33.5 Å². The number of fused-ring (bicyclic) bond motifs is 4. The maximum Gasteiger partial charge on any atom is 0.115 e. The van der Waals surface area contributed by atoms with Crippen LogP contribution in [0.5, 0.6) is 0 Å². The molecule has 30 heavy (non-hydrogen) atoms. The van der Waals surface area contributed by atoms with Gasteiger partial charge in [-0.15, -0.1) is 0 Å². The van der Waals surface area contributed by atoms with E-state index in [2.05, 4.69) is 114 Å². The molecule has 0 aromatic heterocycles. The third-order valence-electron chi connectivity index (χ3n) is 6.28. The lowest BCUT2D eigenvalue weighted by atomic mass is 10.0. The van der Waals surface area contributed by atoms with Gasteiger partial charge in [0.2, 0.25) is 0 Å². The van der Waals surface area contributed by atoms with Crippen LogP contribution < -0.4 is 9.80 Å². The average Bonchev–Trinajstić information content (AvgIpc) is 3.28. The Morgan fingerprint density at radius 1 is 0.633 bits per heavy atom. The molecule has 2 nitrogen and oxygen atoms in total. The molecule has 0 spiro atoms. The smallest absolute Gasteiger partial charge is 0.115 e. The van der Waals surface area contributed by atoms with Gasteiger partial charge < -0.3 is 0 Å². The lowest BCUT2D eigenvalue weighted by Gasteiger charge is -2.26. The summed E-state index contributed by atoms with van der Waals surface area (Å²) < 4.78 is 0. The van der Waals surface area contributed by atoms with Gasteiger partial charge in [0.1, 0.15) is 5.82 Å². The number of para-hydroxylation sites is 3. The zero-order chi connectivity index (χ0) is 20.2. The van der Waals surface area contributed by atoms with Crippen molar-refractivity contribution in [1.29, 1.82) is 0 Å². The summed E-state index contributed by atoms with van der Waals surface area (Å²) in [7, 11) is 0. The van der Waals surface area contributed by atoms with Crippen LogP contribution in [0.4, 0.5) is 22.7 Å². The number of aryl methyl sites for hydroxylation is 1. The first kappa shape index (κ1) is 17.1. The number of benzene rings is 4. The number of hydrogen-bond donors (Lipinski definition) is 0. The molecule has 0 N–H and O–H groups in total. The predicted octanol–water partition coefficient (Wildman–Crippen LogP) is 7.33. The summed E-state index contributed by atoms with van der Waals surface area (Å²) >= 11 is 0. The van der Waals surface area contributed by atoms with Crippen LogP contribution in [0.1, 0.15) is 16.7 Å². The Morgan fingerprint density at radius 3 is 2.07 bits per heavy atom. The molecule has 4 aromatic rings. The van der Waals surface area contributed by atoms with E-state index in [4.69, 9.17) is 0 Å². The van der Waals surface area contributed by atoms with Gasteiger partial charge in [0.15, 0.2) is 0 Å². The Bertz CT molecular complexity index is 1320. The van der Waals surface area contributed by atoms with Gasteiger partial charge in [-0.25, -0.2) is 0 Å². The number of hydrogen-bond acceptors (Lipinski definition) is 2. The van der Waals surface area contributed by atoms with Gasteiger partial charge in [-0.3, -0.25) is 9.80 Å². The highest BCUT2D eigenvalue weighted by molar-refractivity contribution is 5.94. The van der Waals surface area contributed by atoms with Gasteiger partial charge in [0.05, 0.1) is 17.1 Å². The summed E-state index contributed by atoms with van der Waals surface area (Å²) in [5.41, 5.74) is 11.4. The third kappa shape index (κ3) is 2.37. The molecule has 0 unspecified atom stereocenters. The van der Waals surface area contributed by atoms with Gasteiger partial charge in [-0.2, -0.15) is 0 Å². The molecule has 0 fully saturated rings. The molecule has 1 aliphatic heterocycles. The molecule has 0 radical (unpaired) electrons. The van der Waals surface area contributed by atoms with E-state index in [1.54, 1.807) is 0 Å². The topological polar surface area (TPSA) is 6.48 Å². The first-order valence-electron chi connectivity index (χ1n) is 10.4. The highest BCUT2D eigenvalue weighted by Crippen LogP contribution is 2.50. The van der Waals surface area contributed by atoms with Crippen LogP contribution >= 0.6 is 0 Å². The van der Waals surface area contributed by atoms with Crippen LogP contribution in [0, 0.1) is 6.92 Å². The molecule has 6 rings (SSSR count). The van der Waals surface area contributed by atoms with Crippen molar-refractivity contribution in [3.05, 3.63) is 120 Å². The number of rotatable bonds is 2. The van der Waals surface area contributed by atoms with Crippen LogP contribution in [0.25, 0.3) is 11.1 Å². The van der Waals surface area contributed by atoms with Crippen molar-refractivity contribution in [2.24, 2.45) is 0 Å². The summed E-state index contributed by atoms with van der Waals surface area (Å²) in [4.78, 5) is 4.55. The van der Waals surface area contributed by atoms with E-state index in [0.717, 1.165) is 29.3 Å². The Labute approximate surface area is 177 Å². The van der Waals surface area contributed by atoms with Gasteiger partial charge in [-0.1, -0.05) is 67.2 Å². The van der Waals surface area contributed by atoms with Crippen LogP contribution in [-0.2, 0) is 6.42 Å². The zero-order valence-electron chi connectivity index (χ0n) is 17.0. The zero-order valence-corrected chi connectivity index (χ0v) is 17.0. The minimum absolute atomic E-state index is 0.955. The van der Waals surface area contributed by atoms with Gasteiger partial charge in [0, 0.05) is 5.69 Å². The van der Waals surface area contributed by atoms with Crippen molar-refractivity contribution in [3.63, 3.8) is 0 Å². The lowest BCUT2D eigenvalue weighted by molar-refractivity contribution is 1.13. The van der Waals surface area contributed by atoms with Crippen LogP contribution in [0.15, 0.2) is 103 Å². The molecular weight excluding hydrogens is 364 g/mol. The minimum Gasteiger partial charge on any atom is -0.294 e. The van der Waals surface area contributed by atoms with E-state index < -0.39 is 0 Å². The summed E-state index contributed by atoms with van der Waals surface area (Å²) in [6.07, 6.45) is 1.01. The van der Waals surface area contributed by atoms with Crippen molar-refractivity contribution in [2.75, 3.05) is 9.80 Å². The summed E-state index contributed by atoms with van der Waals surface area (Å²) in [5.74, 6) is 0.955. The standard InChI is InChI=1S/C28H22N2/c1-19-9-3-6-12-26(19)30-20(2)29(27-13-7-8-14-28(27)30)23-16-15-22-17-21-10-4-5-11-24(21)25(22)18-23/h3-16,18H,2,17H2,1H3.